The van der Waals surface area contributed by atoms with Gasteiger partial charge in [0.1, 0.15) is 0 Å². The van der Waals surface area contributed by atoms with Gasteiger partial charge < -0.3 is 11.1 Å². The Morgan fingerprint density at radius 2 is 1.86 bits per heavy atom. The number of rotatable bonds is 6. The van der Waals surface area contributed by atoms with Crippen molar-refractivity contribution in [3.8, 4) is 0 Å². The first-order chi connectivity index (χ1) is 9.48. The van der Waals surface area contributed by atoms with Crippen LogP contribution in [0.25, 0.3) is 0 Å². The molecule has 0 fully saturated rings. The first-order valence-corrected chi connectivity index (χ1v) is 8.48. The molecule has 5 nitrogen and oxygen atoms in total. The van der Waals surface area contributed by atoms with Crippen LogP contribution < -0.4 is 11.1 Å². The molecule has 0 saturated carbocycles. The monoisotopic (exact) mass is 313 g/mol. The number of nitrogens with zero attached hydrogens (tertiary/aromatic N) is 1. The molecule has 0 aliphatic carbocycles. The lowest BCUT2D eigenvalue weighted by atomic mass is 9.81. The van der Waals surface area contributed by atoms with Gasteiger partial charge in [0, 0.05) is 20.6 Å². The van der Waals surface area contributed by atoms with Crippen molar-refractivity contribution in [1.29, 1.82) is 0 Å². The van der Waals surface area contributed by atoms with Crippen LogP contribution in [0, 0.1) is 11.3 Å². The highest BCUT2D eigenvalue weighted by Gasteiger charge is 2.23. The Balaban J connectivity index is 2.95. The number of hydrogen-bond acceptors (Lipinski definition) is 4. The number of nitrogens with one attached hydrogen (secondary N) is 1. The maximum absolute atomic E-state index is 12.1. The van der Waals surface area contributed by atoms with E-state index in [2.05, 4.69) is 33.0 Å². The zero-order chi connectivity index (χ0) is 16.4. The molecule has 6 heteroatoms. The predicted octanol–water partition coefficient (Wildman–Crippen LogP) is 2.61. The molecule has 0 bridgehead atoms. The lowest BCUT2D eigenvalue weighted by Gasteiger charge is -2.30. The molecular weight excluding hydrogens is 286 g/mol. The second-order valence-corrected chi connectivity index (χ2v) is 8.69. The Labute approximate surface area is 128 Å². The summed E-state index contributed by atoms with van der Waals surface area (Å²) in [5, 5.41) is 3.31. The smallest absolute Gasteiger partial charge is 0.242 e. The van der Waals surface area contributed by atoms with E-state index in [1.54, 1.807) is 12.1 Å². The number of hydrogen-bond donors (Lipinski definition) is 2. The molecule has 0 radical (unpaired) electrons. The Kier molecular flexibility index (Phi) is 5.28. The lowest BCUT2D eigenvalue weighted by Crippen LogP contribution is -2.28. The summed E-state index contributed by atoms with van der Waals surface area (Å²) < 4.78 is 25.3. The molecule has 0 heterocycles. The Morgan fingerprint density at radius 3 is 2.29 bits per heavy atom. The van der Waals surface area contributed by atoms with Crippen molar-refractivity contribution in [2.45, 2.75) is 32.6 Å². The molecule has 0 saturated heterocycles. The van der Waals surface area contributed by atoms with Crippen LogP contribution >= 0.6 is 0 Å². The van der Waals surface area contributed by atoms with Gasteiger partial charge >= 0.3 is 0 Å². The van der Waals surface area contributed by atoms with E-state index in [1.165, 1.54) is 24.5 Å². The summed E-state index contributed by atoms with van der Waals surface area (Å²) in [5.74, 6) is 0.527. The number of nitrogen functional groups attached to an aromatic ring is 1. The van der Waals surface area contributed by atoms with Gasteiger partial charge in [-0.3, -0.25) is 0 Å². The second-order valence-electron chi connectivity index (χ2n) is 6.53. The fourth-order valence-corrected chi connectivity index (χ4v) is 2.54. The van der Waals surface area contributed by atoms with Crippen molar-refractivity contribution in [3.05, 3.63) is 18.2 Å². The fourth-order valence-electron chi connectivity index (χ4n) is 1.60. The SMILES string of the molecule is CC(C)C(C)(C)CNc1ccc(S(=O)(=O)N(C)C)cc1N. The minimum Gasteiger partial charge on any atom is -0.397 e. The minimum atomic E-state index is -3.45. The standard InChI is InChI=1S/C15H27N3O2S/c1-11(2)15(3,4)10-17-14-8-7-12(9-13(14)16)21(19,20)18(5)6/h7-9,11,17H,10,16H2,1-6H3. The number of sulfonamides is 1. The van der Waals surface area contributed by atoms with Gasteiger partial charge in [0.25, 0.3) is 0 Å². The fraction of sp³-hybridized carbons (Fsp3) is 0.600. The molecule has 0 unspecified atom stereocenters. The summed E-state index contributed by atoms with van der Waals surface area (Å²) >= 11 is 0. The van der Waals surface area contributed by atoms with Gasteiger partial charge in [-0.15, -0.1) is 0 Å². The van der Waals surface area contributed by atoms with E-state index < -0.39 is 10.0 Å². The van der Waals surface area contributed by atoms with Gasteiger partial charge in [0.2, 0.25) is 10.0 Å². The Bertz CT molecular complexity index is 593. The van der Waals surface area contributed by atoms with Crippen LogP contribution in [0.2, 0.25) is 0 Å². The van der Waals surface area contributed by atoms with E-state index in [0.717, 1.165) is 12.2 Å². The van der Waals surface area contributed by atoms with Crippen molar-refractivity contribution in [2.24, 2.45) is 11.3 Å². The summed E-state index contributed by atoms with van der Waals surface area (Å²) in [4.78, 5) is 0.207. The van der Waals surface area contributed by atoms with E-state index >= 15 is 0 Å². The molecule has 0 amide bonds. The molecule has 0 aromatic heterocycles. The average molecular weight is 313 g/mol. The predicted molar refractivity (Wildman–Crippen MR) is 88.8 cm³/mol. The molecule has 0 aliphatic rings. The summed E-state index contributed by atoms with van der Waals surface area (Å²) in [7, 11) is -0.442. The zero-order valence-corrected chi connectivity index (χ0v) is 14.6. The largest absolute Gasteiger partial charge is 0.397 e. The molecule has 0 aliphatic heterocycles. The van der Waals surface area contributed by atoms with E-state index in [4.69, 9.17) is 5.73 Å². The van der Waals surface area contributed by atoms with Crippen LogP contribution in [-0.2, 0) is 10.0 Å². The Morgan fingerprint density at radius 1 is 1.29 bits per heavy atom. The van der Waals surface area contributed by atoms with Crippen molar-refractivity contribution in [1.82, 2.24) is 4.31 Å². The van der Waals surface area contributed by atoms with Gasteiger partial charge in [0.05, 0.1) is 16.3 Å². The van der Waals surface area contributed by atoms with Crippen molar-refractivity contribution in [2.75, 3.05) is 31.7 Å². The number of anilines is 2. The molecule has 1 aromatic rings. The number of nitrogens with two attached hydrogens (primary N) is 1. The van der Waals surface area contributed by atoms with Crippen LogP contribution in [0.4, 0.5) is 11.4 Å². The molecule has 1 aromatic carbocycles. The van der Waals surface area contributed by atoms with Crippen molar-refractivity contribution >= 4 is 21.4 Å². The Hall–Kier alpha value is -1.27. The van der Waals surface area contributed by atoms with E-state index in [0.29, 0.717) is 11.6 Å². The molecule has 1 rings (SSSR count). The average Bonchev–Trinajstić information content (AvgIpc) is 2.36. The second kappa shape index (κ2) is 6.23. The molecular formula is C15H27N3O2S. The summed E-state index contributed by atoms with van der Waals surface area (Å²) in [6.07, 6.45) is 0. The van der Waals surface area contributed by atoms with Crippen LogP contribution in [0.15, 0.2) is 23.1 Å². The van der Waals surface area contributed by atoms with Gasteiger partial charge in [-0.05, 0) is 29.5 Å². The van der Waals surface area contributed by atoms with E-state index in [9.17, 15) is 8.42 Å². The molecule has 120 valence electrons. The topological polar surface area (TPSA) is 75.4 Å². The van der Waals surface area contributed by atoms with Crippen molar-refractivity contribution in [3.63, 3.8) is 0 Å². The highest BCUT2D eigenvalue weighted by atomic mass is 32.2. The maximum Gasteiger partial charge on any atom is 0.242 e. The quantitative estimate of drug-likeness (QED) is 0.792. The summed E-state index contributed by atoms with van der Waals surface area (Å²) in [6, 6.07) is 4.80. The lowest BCUT2D eigenvalue weighted by molar-refractivity contribution is 0.270. The molecule has 0 spiro atoms. The third kappa shape index (κ3) is 4.11. The van der Waals surface area contributed by atoms with Crippen LogP contribution in [0.1, 0.15) is 27.7 Å². The third-order valence-corrected chi connectivity index (χ3v) is 5.91. The molecule has 3 N–H and O–H groups in total. The van der Waals surface area contributed by atoms with Crippen LogP contribution in [0.3, 0.4) is 0 Å². The van der Waals surface area contributed by atoms with E-state index in [1.807, 2.05) is 0 Å². The molecule has 21 heavy (non-hydrogen) atoms. The van der Waals surface area contributed by atoms with Gasteiger partial charge in [0.15, 0.2) is 0 Å². The van der Waals surface area contributed by atoms with Gasteiger partial charge in [-0.2, -0.15) is 0 Å². The minimum absolute atomic E-state index is 0.126. The third-order valence-electron chi connectivity index (χ3n) is 4.10. The van der Waals surface area contributed by atoms with E-state index in [-0.39, 0.29) is 10.3 Å². The highest BCUT2D eigenvalue weighted by Crippen LogP contribution is 2.29. The van der Waals surface area contributed by atoms with Gasteiger partial charge in [-0.1, -0.05) is 27.7 Å². The highest BCUT2D eigenvalue weighted by molar-refractivity contribution is 7.89. The first-order valence-electron chi connectivity index (χ1n) is 7.04. The van der Waals surface area contributed by atoms with Gasteiger partial charge in [-0.25, -0.2) is 12.7 Å². The number of benzene rings is 1. The first kappa shape index (κ1) is 17.8. The normalized spacial score (nSPS) is 13.0. The zero-order valence-electron chi connectivity index (χ0n) is 13.8. The maximum atomic E-state index is 12.1. The van der Waals surface area contributed by atoms with Crippen LogP contribution in [0.5, 0.6) is 0 Å². The van der Waals surface area contributed by atoms with Crippen molar-refractivity contribution < 1.29 is 8.42 Å². The van der Waals surface area contributed by atoms with Crippen LogP contribution in [-0.4, -0.2) is 33.4 Å². The summed E-state index contributed by atoms with van der Waals surface area (Å²) in [6.45, 7) is 9.50. The molecule has 0 atom stereocenters. The summed E-state index contributed by atoms with van der Waals surface area (Å²) in [5.41, 5.74) is 7.31.